The van der Waals surface area contributed by atoms with Crippen LogP contribution in [0.25, 0.3) is 10.9 Å². The summed E-state index contributed by atoms with van der Waals surface area (Å²) in [7, 11) is 0. The van der Waals surface area contributed by atoms with E-state index in [1.54, 1.807) is 12.1 Å². The van der Waals surface area contributed by atoms with Crippen LogP contribution in [0.5, 0.6) is 5.75 Å². The van der Waals surface area contributed by atoms with Gasteiger partial charge in [-0.2, -0.15) is 0 Å². The largest absolute Gasteiger partial charge is 0.508 e. The van der Waals surface area contributed by atoms with Crippen molar-refractivity contribution in [2.24, 2.45) is 17.6 Å². The summed E-state index contributed by atoms with van der Waals surface area (Å²) in [6.45, 7) is 4.67. The molecule has 0 radical (unpaired) electrons. The first-order valence-electron chi connectivity index (χ1n) is 8.74. The highest BCUT2D eigenvalue weighted by Crippen LogP contribution is 2.42. The number of benzene rings is 1. The lowest BCUT2D eigenvalue weighted by Gasteiger charge is -2.51. The van der Waals surface area contributed by atoms with Crippen LogP contribution in [0.4, 0.5) is 0 Å². The molecule has 1 aromatic heterocycles. The maximum atomic E-state index is 9.84. The maximum absolute atomic E-state index is 9.84. The first-order chi connectivity index (χ1) is 11.2. The number of nitrogens with zero attached hydrogens (tertiary/aromatic N) is 2. The van der Waals surface area contributed by atoms with Gasteiger partial charge in [0, 0.05) is 30.2 Å². The van der Waals surface area contributed by atoms with Crippen molar-refractivity contribution in [2.45, 2.75) is 38.3 Å². The topological polar surface area (TPSA) is 62.4 Å². The predicted octanol–water partition coefficient (Wildman–Crippen LogP) is 3.06. The molecule has 0 saturated carbocycles. The number of rotatable bonds is 3. The Balaban J connectivity index is 1.68. The molecule has 2 unspecified atom stereocenters. The van der Waals surface area contributed by atoms with Crippen LogP contribution in [-0.4, -0.2) is 34.1 Å². The summed E-state index contributed by atoms with van der Waals surface area (Å²) in [6, 6.07) is 7.74. The van der Waals surface area contributed by atoms with Crippen molar-refractivity contribution >= 4 is 10.9 Å². The van der Waals surface area contributed by atoms with E-state index >= 15 is 0 Å². The maximum Gasteiger partial charge on any atom is 0.116 e. The summed E-state index contributed by atoms with van der Waals surface area (Å²) in [4.78, 5) is 6.99. The van der Waals surface area contributed by atoms with E-state index in [1.807, 2.05) is 18.3 Å². The first-order valence-corrected chi connectivity index (χ1v) is 8.74. The Labute approximate surface area is 137 Å². The molecule has 122 valence electrons. The summed E-state index contributed by atoms with van der Waals surface area (Å²) >= 11 is 0. The lowest BCUT2D eigenvalue weighted by atomic mass is 9.72. The van der Waals surface area contributed by atoms with Crippen molar-refractivity contribution in [1.82, 2.24) is 9.88 Å². The fraction of sp³-hybridized carbons (Fsp3) is 0.526. The van der Waals surface area contributed by atoms with Gasteiger partial charge < -0.3 is 10.8 Å². The number of phenols is 1. The van der Waals surface area contributed by atoms with Gasteiger partial charge in [0.15, 0.2) is 0 Å². The van der Waals surface area contributed by atoms with Gasteiger partial charge in [0.1, 0.15) is 5.75 Å². The minimum absolute atomic E-state index is 0.0251. The molecule has 4 nitrogen and oxygen atoms in total. The third-order valence-corrected chi connectivity index (χ3v) is 5.99. The van der Waals surface area contributed by atoms with Crippen molar-refractivity contribution in [3.05, 3.63) is 36.0 Å². The molecule has 0 spiro atoms. The Morgan fingerprint density at radius 2 is 2.26 bits per heavy atom. The molecule has 3 aliphatic rings. The Bertz CT molecular complexity index is 717. The van der Waals surface area contributed by atoms with Gasteiger partial charge in [-0.15, -0.1) is 0 Å². The number of fused-ring (bicyclic) bond motifs is 4. The van der Waals surface area contributed by atoms with Gasteiger partial charge >= 0.3 is 0 Å². The molecule has 5 rings (SSSR count). The van der Waals surface area contributed by atoms with Crippen molar-refractivity contribution in [3.63, 3.8) is 0 Å². The molecule has 4 heteroatoms. The zero-order chi connectivity index (χ0) is 16.0. The molecule has 3 aliphatic heterocycles. The molecule has 5 atom stereocenters. The van der Waals surface area contributed by atoms with E-state index in [-0.39, 0.29) is 11.8 Å². The van der Waals surface area contributed by atoms with Crippen LogP contribution < -0.4 is 5.73 Å². The van der Waals surface area contributed by atoms with Crippen molar-refractivity contribution in [2.75, 3.05) is 13.1 Å². The van der Waals surface area contributed by atoms with Gasteiger partial charge in [-0.05, 0) is 61.1 Å². The van der Waals surface area contributed by atoms with Crippen molar-refractivity contribution < 1.29 is 5.11 Å². The van der Waals surface area contributed by atoms with E-state index in [0.717, 1.165) is 28.3 Å². The Hall–Kier alpha value is -1.65. The predicted molar refractivity (Wildman–Crippen MR) is 92.2 cm³/mol. The summed E-state index contributed by atoms with van der Waals surface area (Å²) in [5, 5.41) is 10.8. The lowest BCUT2D eigenvalue weighted by Crippen LogP contribution is -2.56. The fourth-order valence-corrected chi connectivity index (χ4v) is 4.67. The smallest absolute Gasteiger partial charge is 0.116 e. The quantitative estimate of drug-likeness (QED) is 0.914. The van der Waals surface area contributed by atoms with Crippen molar-refractivity contribution in [3.8, 4) is 5.75 Å². The average Bonchev–Trinajstić information content (AvgIpc) is 2.60. The Kier molecular flexibility index (Phi) is 3.74. The Morgan fingerprint density at radius 1 is 1.39 bits per heavy atom. The van der Waals surface area contributed by atoms with E-state index in [0.29, 0.717) is 6.04 Å². The molecule has 4 heterocycles. The van der Waals surface area contributed by atoms with E-state index in [4.69, 9.17) is 5.73 Å². The first kappa shape index (κ1) is 14.9. The number of piperidine rings is 3. The number of hydrogen-bond acceptors (Lipinski definition) is 4. The second kappa shape index (κ2) is 5.77. The molecule has 0 aliphatic carbocycles. The van der Waals surface area contributed by atoms with Crippen LogP contribution in [-0.2, 0) is 0 Å². The number of hydrogen-bond donors (Lipinski definition) is 2. The van der Waals surface area contributed by atoms with Gasteiger partial charge in [0.05, 0.1) is 5.52 Å². The third kappa shape index (κ3) is 2.50. The highest BCUT2D eigenvalue weighted by Gasteiger charge is 2.41. The monoisotopic (exact) mass is 311 g/mol. The molecule has 3 fully saturated rings. The number of pyridine rings is 1. The number of phenolic OH excluding ortho intramolecular Hbond substituents is 1. The van der Waals surface area contributed by atoms with Gasteiger partial charge in [-0.1, -0.05) is 13.3 Å². The van der Waals surface area contributed by atoms with Gasteiger partial charge in [0.2, 0.25) is 0 Å². The minimum atomic E-state index is -0.0251. The highest BCUT2D eigenvalue weighted by atomic mass is 16.3. The molecule has 23 heavy (non-hydrogen) atoms. The number of aromatic nitrogens is 1. The summed E-state index contributed by atoms with van der Waals surface area (Å²) < 4.78 is 0. The number of aromatic hydroxyl groups is 1. The van der Waals surface area contributed by atoms with Crippen LogP contribution in [0, 0.1) is 11.8 Å². The Morgan fingerprint density at radius 3 is 3.00 bits per heavy atom. The third-order valence-electron chi connectivity index (χ3n) is 5.99. The zero-order valence-electron chi connectivity index (χ0n) is 13.7. The van der Waals surface area contributed by atoms with Crippen LogP contribution in [0.3, 0.4) is 0 Å². The molecule has 1 aromatic carbocycles. The van der Waals surface area contributed by atoms with Crippen LogP contribution in [0.15, 0.2) is 30.5 Å². The van der Waals surface area contributed by atoms with Crippen LogP contribution >= 0.6 is 0 Å². The molecular weight excluding hydrogens is 286 g/mol. The van der Waals surface area contributed by atoms with E-state index < -0.39 is 0 Å². The summed E-state index contributed by atoms with van der Waals surface area (Å²) in [6.07, 6.45) is 5.62. The molecular formula is C19H25N3O. The molecule has 3 N–H and O–H groups in total. The van der Waals surface area contributed by atoms with Crippen LogP contribution in [0.2, 0.25) is 0 Å². The average molecular weight is 311 g/mol. The molecule has 0 amide bonds. The standard InChI is InChI=1S/C19H25N3O/c1-2-12-11-22-8-6-13(12)9-18(22)19(20)15-5-7-21-17-4-3-14(23)10-16(15)17/h3-5,7,10,12-13,18-19,23H,2,6,8-9,11,20H2,1H3/t12-,13?,18-,19-/m0/s1. The highest BCUT2D eigenvalue weighted by molar-refractivity contribution is 5.83. The number of nitrogens with two attached hydrogens (primary N) is 1. The van der Waals surface area contributed by atoms with E-state index in [1.165, 1.54) is 32.4 Å². The van der Waals surface area contributed by atoms with Crippen LogP contribution in [0.1, 0.15) is 37.8 Å². The second-order valence-electron chi connectivity index (χ2n) is 7.14. The van der Waals surface area contributed by atoms with E-state index in [9.17, 15) is 5.11 Å². The lowest BCUT2D eigenvalue weighted by molar-refractivity contribution is -0.0105. The van der Waals surface area contributed by atoms with Gasteiger partial charge in [0.25, 0.3) is 0 Å². The second-order valence-corrected chi connectivity index (χ2v) is 7.14. The van der Waals surface area contributed by atoms with Gasteiger partial charge in [-0.25, -0.2) is 0 Å². The molecule has 2 aromatic rings. The normalized spacial score (nSPS) is 31.4. The van der Waals surface area contributed by atoms with Crippen molar-refractivity contribution in [1.29, 1.82) is 0 Å². The zero-order valence-corrected chi connectivity index (χ0v) is 13.7. The SMILES string of the molecule is CC[C@H]1CN2CCC1C[C@H]2[C@@H](N)c1ccnc2ccc(O)cc12. The van der Waals surface area contributed by atoms with Gasteiger partial charge in [-0.3, -0.25) is 9.88 Å². The fourth-order valence-electron chi connectivity index (χ4n) is 4.67. The van der Waals surface area contributed by atoms with E-state index in [2.05, 4.69) is 16.8 Å². The minimum Gasteiger partial charge on any atom is -0.508 e. The molecule has 2 bridgehead atoms. The molecule has 3 saturated heterocycles. The summed E-state index contributed by atoms with van der Waals surface area (Å²) in [5.74, 6) is 1.93. The summed E-state index contributed by atoms with van der Waals surface area (Å²) in [5.41, 5.74) is 8.72.